The summed E-state index contributed by atoms with van der Waals surface area (Å²) >= 11 is 0. The molecular weight excluding hydrogens is 708 g/mol. The van der Waals surface area contributed by atoms with Crippen LogP contribution in [0.15, 0.2) is 60.9 Å². The number of carbonyl (C=O) groups is 2. The summed E-state index contributed by atoms with van der Waals surface area (Å²) in [5, 5.41) is 2.11. The average molecular weight is 732 g/mol. The van der Waals surface area contributed by atoms with Gasteiger partial charge in [-0.3, -0.25) is 9.59 Å². The van der Waals surface area contributed by atoms with E-state index in [1.165, 1.54) is 0 Å². The van der Waals surface area contributed by atoms with Crippen molar-refractivity contribution in [2.45, 2.75) is 6.61 Å². The zero-order valence-electron chi connectivity index (χ0n) is 24.1. The second-order valence-electron chi connectivity index (χ2n) is 8.77. The van der Waals surface area contributed by atoms with Gasteiger partial charge in [0, 0.05) is 16.5 Å². The Balaban J connectivity index is 0.000000540. The van der Waals surface area contributed by atoms with Crippen molar-refractivity contribution in [1.82, 2.24) is 19.9 Å². The van der Waals surface area contributed by atoms with Crippen LogP contribution >= 0.6 is 17.2 Å². The largest absolute Gasteiger partial charge is 2.00 e. The molecule has 1 aliphatic rings. The molecule has 2 atom stereocenters. The zero-order chi connectivity index (χ0) is 31.6. The molecule has 3 aromatic carbocycles. The van der Waals surface area contributed by atoms with Crippen LogP contribution in [0.2, 0.25) is 0 Å². The van der Waals surface area contributed by atoms with Gasteiger partial charge in [-0.05, 0) is 40.3 Å². The van der Waals surface area contributed by atoms with Crippen LogP contribution in [0, 0.1) is 0 Å². The SMILES string of the molecule is COC([NH-])=O.COC([NH-])=O.O=[C-]Pc1ncc(-c2ccc3c(c2)COc2c-3ccc3cc(-c4cnc(P[C-]=O)[nH]4)ccc23)[nH]1.[V+2].[V+2]. The monoisotopic (exact) mass is 732 g/mol. The predicted molar refractivity (Wildman–Crippen MR) is 170 cm³/mol. The van der Waals surface area contributed by atoms with E-state index in [9.17, 15) is 19.2 Å². The summed E-state index contributed by atoms with van der Waals surface area (Å²) in [6, 6.07) is 20.4. The fourth-order valence-corrected chi connectivity index (χ4v) is 5.14. The van der Waals surface area contributed by atoms with Crippen molar-refractivity contribution in [3.05, 3.63) is 78.0 Å². The molecule has 2 aromatic heterocycles. The molecule has 0 bridgehead atoms. The summed E-state index contributed by atoms with van der Waals surface area (Å²) in [6.45, 7) is 0.467. The summed E-state index contributed by atoms with van der Waals surface area (Å²) in [7, 11) is 2.12. The molecule has 0 saturated heterocycles. The molecule has 5 aromatic rings. The van der Waals surface area contributed by atoms with Crippen molar-refractivity contribution in [3.8, 4) is 39.4 Å². The number of H-pyrrole nitrogens is 2. The van der Waals surface area contributed by atoms with Gasteiger partial charge in [-0.15, -0.1) is 0 Å². The standard InChI is InChI=1S/C25H16N4O3P2.2C2H5NO2.2V/c30-12-33-24-26-9-21(28-24)15-3-5-19-14(7-15)1-6-20-18-4-2-16(8-17(18)11-32-23(19)20)22-10-27-25(29-22)34-13-31;2*1-5-2(3)4;;/h1-10,33-34H,11H2,(H,26,28)(H,27,29);2*1H3,(H2,3,4);;/q-2;;;2*+2/p-2. The maximum absolute atomic E-state index is 10.6. The molecule has 0 fully saturated rings. The quantitative estimate of drug-likeness (QED) is 0.166. The van der Waals surface area contributed by atoms with Crippen molar-refractivity contribution in [3.63, 3.8) is 0 Å². The Kier molecular flexibility index (Phi) is 15.2. The van der Waals surface area contributed by atoms with Crippen LogP contribution in [0.25, 0.3) is 55.9 Å². The third kappa shape index (κ3) is 9.53. The summed E-state index contributed by atoms with van der Waals surface area (Å²) < 4.78 is 13.8. The van der Waals surface area contributed by atoms with Crippen molar-refractivity contribution in [2.24, 2.45) is 0 Å². The van der Waals surface area contributed by atoms with Gasteiger partial charge in [0.2, 0.25) is 12.2 Å². The molecule has 4 N–H and O–H groups in total. The Morgan fingerprint density at radius 3 is 1.83 bits per heavy atom. The number of hydrogen-bond acceptors (Lipinski definition) is 9. The van der Waals surface area contributed by atoms with Gasteiger partial charge in [-0.1, -0.05) is 30.3 Å². The van der Waals surface area contributed by atoms with Gasteiger partial charge >= 0.3 is 37.1 Å². The van der Waals surface area contributed by atoms with Crippen molar-refractivity contribution >= 4 is 63.3 Å². The molecule has 17 heteroatoms. The fourth-order valence-electron chi connectivity index (χ4n) is 4.29. The molecule has 46 heavy (non-hydrogen) atoms. The molecule has 13 nitrogen and oxygen atoms in total. The van der Waals surface area contributed by atoms with E-state index in [1.54, 1.807) is 12.4 Å². The van der Waals surface area contributed by atoms with Gasteiger partial charge in [0.05, 0.1) is 49.1 Å². The molecule has 6 rings (SSSR count). The van der Waals surface area contributed by atoms with E-state index in [1.807, 2.05) is 18.1 Å². The van der Waals surface area contributed by atoms with Crippen LogP contribution in [-0.4, -0.2) is 58.4 Å². The number of methoxy groups -OCH3 is 2. The van der Waals surface area contributed by atoms with Crippen LogP contribution in [0.5, 0.6) is 5.75 Å². The number of carbonyl (C=O) groups excluding carboxylic acids is 4. The summed E-state index contributed by atoms with van der Waals surface area (Å²) in [6.07, 6.45) is 1.49. The molecule has 232 valence electrons. The number of aromatic nitrogens is 4. The molecule has 1 aliphatic heterocycles. The molecule has 0 aliphatic carbocycles. The Morgan fingerprint density at radius 2 is 1.30 bits per heavy atom. The second-order valence-corrected chi connectivity index (χ2v) is 10.6. The van der Waals surface area contributed by atoms with Crippen LogP contribution in [-0.2, 0) is 62.8 Å². The van der Waals surface area contributed by atoms with E-state index in [-0.39, 0.29) is 54.3 Å². The van der Waals surface area contributed by atoms with E-state index >= 15 is 0 Å². The molecular formula is C29H24N6O7P2V2. The normalized spacial score (nSPS) is 10.9. The topological polar surface area (TPSA) is 201 Å². The minimum atomic E-state index is -0.995. The average Bonchev–Trinajstić information content (AvgIpc) is 3.71. The summed E-state index contributed by atoms with van der Waals surface area (Å²) in [5.74, 6) is 0.873. The van der Waals surface area contributed by atoms with Crippen molar-refractivity contribution < 1.29 is 70.5 Å². The predicted octanol–water partition coefficient (Wildman–Crippen LogP) is 5.53. The molecule has 2 amide bonds. The number of fused-ring (bicyclic) bond motifs is 5. The number of hydrogen-bond donors (Lipinski definition) is 2. The van der Waals surface area contributed by atoms with E-state index in [4.69, 9.17) is 16.2 Å². The van der Waals surface area contributed by atoms with Crippen molar-refractivity contribution in [1.29, 1.82) is 0 Å². The smallest absolute Gasteiger partial charge is 0.632 e. The Hall–Kier alpha value is -3.95. The third-order valence-electron chi connectivity index (χ3n) is 6.22. The van der Waals surface area contributed by atoms with Gasteiger partial charge in [-0.2, -0.15) is 17.2 Å². The number of aromatic amines is 2. The van der Waals surface area contributed by atoms with E-state index in [2.05, 4.69) is 71.9 Å². The van der Waals surface area contributed by atoms with E-state index in [0.717, 1.165) is 69.9 Å². The number of imidazole rings is 2. The maximum Gasteiger partial charge on any atom is 2.00 e. The van der Waals surface area contributed by atoms with Crippen LogP contribution in [0.3, 0.4) is 0 Å². The fraction of sp³-hybridized carbons (Fsp3) is 0.103. The van der Waals surface area contributed by atoms with E-state index in [0.29, 0.717) is 17.7 Å². The minimum Gasteiger partial charge on any atom is -0.632 e. The van der Waals surface area contributed by atoms with Crippen LogP contribution < -0.4 is 15.9 Å². The Morgan fingerprint density at radius 1 is 0.804 bits per heavy atom. The van der Waals surface area contributed by atoms with Gasteiger partial charge in [0.25, 0.3) is 0 Å². The number of rotatable bonds is 6. The maximum atomic E-state index is 10.6. The van der Waals surface area contributed by atoms with Gasteiger partial charge in [0.1, 0.15) is 12.4 Å². The zero-order valence-corrected chi connectivity index (χ0v) is 28.9. The number of ether oxygens (including phenoxy) is 3. The molecule has 3 heterocycles. The Bertz CT molecular complexity index is 1820. The van der Waals surface area contributed by atoms with Crippen LogP contribution in [0.4, 0.5) is 9.59 Å². The van der Waals surface area contributed by atoms with Gasteiger partial charge in [0.15, 0.2) is 0 Å². The first-order chi connectivity index (χ1) is 21.3. The first-order valence-corrected chi connectivity index (χ1v) is 14.6. The van der Waals surface area contributed by atoms with E-state index < -0.39 is 12.2 Å². The molecule has 2 radical (unpaired) electrons. The minimum absolute atomic E-state index is 0. The van der Waals surface area contributed by atoms with Crippen molar-refractivity contribution in [2.75, 3.05) is 14.2 Å². The first-order valence-electron chi connectivity index (χ1n) is 12.6. The number of nitrogens with zero attached hydrogens (tertiary/aromatic N) is 2. The van der Waals surface area contributed by atoms with Gasteiger partial charge < -0.3 is 45.2 Å². The second kappa shape index (κ2) is 18.3. The Labute approximate surface area is 290 Å². The number of amides is 2. The molecule has 0 saturated carbocycles. The number of nitrogens with one attached hydrogen (secondary N) is 4. The van der Waals surface area contributed by atoms with Crippen LogP contribution in [0.1, 0.15) is 5.56 Å². The molecule has 2 unspecified atom stereocenters. The summed E-state index contributed by atoms with van der Waals surface area (Å²) in [5.41, 5.74) is 20.2. The number of benzene rings is 3. The van der Waals surface area contributed by atoms with Gasteiger partial charge in [-0.25, -0.2) is 22.0 Å². The third-order valence-corrected chi connectivity index (χ3v) is 7.41. The molecule has 0 spiro atoms. The summed E-state index contributed by atoms with van der Waals surface area (Å²) in [4.78, 5) is 54.6. The first kappa shape index (κ1) is 38.2.